The van der Waals surface area contributed by atoms with E-state index in [1.54, 1.807) is 20.0 Å². The highest BCUT2D eigenvalue weighted by Gasteiger charge is 2.29. The van der Waals surface area contributed by atoms with Gasteiger partial charge in [-0.1, -0.05) is 0 Å². The van der Waals surface area contributed by atoms with Crippen LogP contribution >= 0.6 is 0 Å². The van der Waals surface area contributed by atoms with Crippen LogP contribution in [0, 0.1) is 12.8 Å². The average molecular weight is 302 g/mol. The van der Waals surface area contributed by atoms with Gasteiger partial charge < -0.3 is 10.2 Å². The second kappa shape index (κ2) is 6.21. The van der Waals surface area contributed by atoms with Crippen molar-refractivity contribution in [3.63, 3.8) is 0 Å². The maximum Gasteiger partial charge on any atom is 0.280 e. The Hall–Kier alpha value is -0.960. The van der Waals surface area contributed by atoms with Crippen LogP contribution in [0.3, 0.4) is 0 Å². The van der Waals surface area contributed by atoms with Crippen LogP contribution in [-0.2, 0) is 10.2 Å². The molecule has 1 aromatic heterocycles. The fourth-order valence-corrected chi connectivity index (χ4v) is 3.69. The molecule has 1 atom stereocenters. The van der Waals surface area contributed by atoms with Gasteiger partial charge >= 0.3 is 0 Å². The quantitative estimate of drug-likeness (QED) is 0.827. The molecule has 0 aliphatic carbocycles. The normalized spacial score (nSPS) is 20.1. The molecule has 0 amide bonds. The van der Waals surface area contributed by atoms with E-state index in [-0.39, 0.29) is 0 Å². The zero-order valence-corrected chi connectivity index (χ0v) is 12.7. The van der Waals surface area contributed by atoms with E-state index in [9.17, 15) is 8.42 Å². The first-order chi connectivity index (χ1) is 9.42. The number of hydrogen-bond acceptors (Lipinski definition) is 5. The third-order valence-corrected chi connectivity index (χ3v) is 5.28. The molecule has 7 nitrogen and oxygen atoms in total. The monoisotopic (exact) mass is 302 g/mol. The summed E-state index contributed by atoms with van der Waals surface area (Å²) in [5.41, 5.74) is 5.61. The number of aryl methyl sites for hydroxylation is 1. The average Bonchev–Trinajstić information content (AvgIpc) is 2.85. The van der Waals surface area contributed by atoms with Crippen molar-refractivity contribution in [1.82, 2.24) is 14.0 Å². The van der Waals surface area contributed by atoms with Crippen LogP contribution in [0.2, 0.25) is 0 Å². The predicted molar refractivity (Wildman–Crippen MR) is 75.1 cm³/mol. The van der Waals surface area contributed by atoms with Crippen LogP contribution in [0.4, 0.5) is 0 Å². The summed E-state index contributed by atoms with van der Waals surface area (Å²) < 4.78 is 34.0. The minimum atomic E-state index is -3.51. The Kier molecular flexibility index (Phi) is 4.79. The molecule has 2 heterocycles. The van der Waals surface area contributed by atoms with E-state index < -0.39 is 16.3 Å². The van der Waals surface area contributed by atoms with Crippen LogP contribution < -0.4 is 10.5 Å². The van der Waals surface area contributed by atoms with E-state index >= 15 is 0 Å². The van der Waals surface area contributed by atoms with Crippen LogP contribution in [-0.4, -0.2) is 37.3 Å². The standard InChI is InChI=1S/C12H22N4O3S/c1-9-8-14-12(19-9)10(2)15-20(17,18)16-5-3-11(7-13)4-6-16/h8,10-11,15H,3-7,13H2,1-2H3. The molecule has 1 aliphatic heterocycles. The van der Waals surface area contributed by atoms with Crippen molar-refractivity contribution in [1.29, 1.82) is 0 Å². The lowest BCUT2D eigenvalue weighted by Gasteiger charge is -2.31. The smallest absolute Gasteiger partial charge is 0.280 e. The topological polar surface area (TPSA) is 101 Å². The van der Waals surface area contributed by atoms with Gasteiger partial charge in [-0.05, 0) is 39.2 Å². The van der Waals surface area contributed by atoms with Crippen molar-refractivity contribution >= 4 is 10.2 Å². The molecule has 1 unspecified atom stereocenters. The van der Waals surface area contributed by atoms with E-state index in [0.717, 1.165) is 12.8 Å². The van der Waals surface area contributed by atoms with Gasteiger partial charge in [0.1, 0.15) is 5.76 Å². The van der Waals surface area contributed by atoms with E-state index in [0.29, 0.717) is 37.2 Å². The number of aromatic nitrogens is 1. The molecule has 0 spiro atoms. The predicted octanol–water partition coefficient (Wildman–Crippen LogP) is 0.549. The highest BCUT2D eigenvalue weighted by Crippen LogP contribution is 2.20. The third-order valence-electron chi connectivity index (χ3n) is 3.58. The Labute approximate surface area is 119 Å². The summed E-state index contributed by atoms with van der Waals surface area (Å²) in [6.07, 6.45) is 3.20. The first-order valence-corrected chi connectivity index (χ1v) is 8.26. The van der Waals surface area contributed by atoms with Crippen molar-refractivity contribution in [2.24, 2.45) is 11.7 Å². The number of piperidine rings is 1. The second-order valence-corrected chi connectivity index (χ2v) is 6.93. The molecule has 2 rings (SSSR count). The molecule has 1 aromatic rings. The van der Waals surface area contributed by atoms with Crippen molar-refractivity contribution in [2.75, 3.05) is 19.6 Å². The number of nitrogens with one attached hydrogen (secondary N) is 1. The lowest BCUT2D eigenvalue weighted by molar-refractivity contribution is 0.273. The first-order valence-electron chi connectivity index (χ1n) is 6.82. The zero-order chi connectivity index (χ0) is 14.8. The summed E-state index contributed by atoms with van der Waals surface area (Å²) in [7, 11) is -3.51. The highest BCUT2D eigenvalue weighted by atomic mass is 32.2. The molecule has 0 saturated carbocycles. The number of nitrogens with two attached hydrogens (primary N) is 1. The van der Waals surface area contributed by atoms with Crippen molar-refractivity contribution in [2.45, 2.75) is 32.7 Å². The van der Waals surface area contributed by atoms with E-state index in [4.69, 9.17) is 10.2 Å². The maximum absolute atomic E-state index is 12.3. The summed E-state index contributed by atoms with van der Waals surface area (Å²) in [6, 6.07) is -0.485. The Balaban J connectivity index is 1.97. The third kappa shape index (κ3) is 3.57. The van der Waals surface area contributed by atoms with Gasteiger partial charge in [0, 0.05) is 13.1 Å². The maximum atomic E-state index is 12.3. The van der Waals surface area contributed by atoms with E-state index in [1.807, 2.05) is 0 Å². The molecule has 3 N–H and O–H groups in total. The number of rotatable bonds is 5. The fourth-order valence-electron chi connectivity index (χ4n) is 2.31. The molecule has 114 valence electrons. The van der Waals surface area contributed by atoms with Gasteiger partial charge in [0.15, 0.2) is 0 Å². The molecule has 1 fully saturated rings. The summed E-state index contributed by atoms with van der Waals surface area (Å²) in [4.78, 5) is 4.04. The molecule has 0 radical (unpaired) electrons. The summed E-state index contributed by atoms with van der Waals surface area (Å²) in [6.45, 7) is 5.13. The molecular weight excluding hydrogens is 280 g/mol. The van der Waals surface area contributed by atoms with Crippen molar-refractivity contribution < 1.29 is 12.8 Å². The summed E-state index contributed by atoms with van der Waals surface area (Å²) in [5.74, 6) is 1.46. The fraction of sp³-hybridized carbons (Fsp3) is 0.750. The zero-order valence-electron chi connectivity index (χ0n) is 11.9. The van der Waals surface area contributed by atoms with Gasteiger partial charge in [0.05, 0.1) is 12.2 Å². The summed E-state index contributed by atoms with van der Waals surface area (Å²) >= 11 is 0. The minimum Gasteiger partial charge on any atom is -0.444 e. The molecule has 8 heteroatoms. The Morgan fingerprint density at radius 2 is 2.20 bits per heavy atom. The van der Waals surface area contributed by atoms with Gasteiger partial charge in [-0.3, -0.25) is 0 Å². The summed E-state index contributed by atoms with van der Waals surface area (Å²) in [5, 5.41) is 0. The molecule has 0 bridgehead atoms. The number of nitrogens with zero attached hydrogens (tertiary/aromatic N) is 2. The lowest BCUT2D eigenvalue weighted by Crippen LogP contribution is -2.46. The molecule has 1 saturated heterocycles. The van der Waals surface area contributed by atoms with Crippen molar-refractivity contribution in [3.05, 3.63) is 17.8 Å². The Morgan fingerprint density at radius 1 is 1.55 bits per heavy atom. The van der Waals surface area contributed by atoms with Gasteiger partial charge in [-0.25, -0.2) is 4.98 Å². The van der Waals surface area contributed by atoms with Gasteiger partial charge in [-0.15, -0.1) is 0 Å². The SMILES string of the molecule is Cc1cnc(C(C)NS(=O)(=O)N2CCC(CN)CC2)o1. The number of hydrogen-bond donors (Lipinski definition) is 2. The molecule has 20 heavy (non-hydrogen) atoms. The van der Waals surface area contributed by atoms with Crippen LogP contribution in [0.1, 0.15) is 37.5 Å². The minimum absolute atomic E-state index is 0.378. The first kappa shape index (κ1) is 15.4. The van der Waals surface area contributed by atoms with Crippen LogP contribution in [0.5, 0.6) is 0 Å². The largest absolute Gasteiger partial charge is 0.444 e. The molecular formula is C12H22N4O3S. The molecule has 1 aliphatic rings. The Bertz CT molecular complexity index is 535. The van der Waals surface area contributed by atoms with Gasteiger partial charge in [-0.2, -0.15) is 17.4 Å². The highest BCUT2D eigenvalue weighted by molar-refractivity contribution is 7.87. The Morgan fingerprint density at radius 3 is 2.70 bits per heavy atom. The van der Waals surface area contributed by atoms with Crippen molar-refractivity contribution in [3.8, 4) is 0 Å². The van der Waals surface area contributed by atoms with Crippen LogP contribution in [0.15, 0.2) is 10.6 Å². The van der Waals surface area contributed by atoms with Gasteiger partial charge in [0.2, 0.25) is 5.89 Å². The van der Waals surface area contributed by atoms with E-state index in [2.05, 4.69) is 9.71 Å². The van der Waals surface area contributed by atoms with E-state index in [1.165, 1.54) is 4.31 Å². The second-order valence-electron chi connectivity index (χ2n) is 5.23. The lowest BCUT2D eigenvalue weighted by atomic mass is 9.99. The number of oxazole rings is 1. The molecule has 0 aromatic carbocycles. The van der Waals surface area contributed by atoms with Crippen LogP contribution in [0.25, 0.3) is 0 Å². The van der Waals surface area contributed by atoms with Gasteiger partial charge in [0.25, 0.3) is 10.2 Å².